The number of carboxylic acids is 4. The largest absolute Gasteiger partial charge is 2.00 e. The van der Waals surface area contributed by atoms with E-state index < -0.39 is 23.9 Å². The summed E-state index contributed by atoms with van der Waals surface area (Å²) in [4.78, 5) is 41.3. The Morgan fingerprint density at radius 2 is 0.294 bits per heavy atom. The van der Waals surface area contributed by atoms with Gasteiger partial charge in [-0.25, -0.2) is 0 Å². The van der Waals surface area contributed by atoms with Crippen molar-refractivity contribution < 1.29 is 137 Å². The molecule has 0 amide bonds. The van der Waals surface area contributed by atoms with Crippen molar-refractivity contribution in [3.63, 3.8) is 0 Å². The molecule has 474 valence electrons. The quantitative estimate of drug-likeness (QED) is 0.0267. The SMILES string of the molecule is CCCCCCCC/C=C\CCCCCCCC(=O)O.CCCCCCCC/C=C\CCCCCCCC(=O)O.CCCCCCCC/C=C\CCCCCCCC(=O)O.CCCCCCCCCCCCCCCCCC(=O)O.[Zn+2].[Zn+2].[Zn+2].[Zn+2].[Zn+2]. The maximum absolute atomic E-state index is 10.3. The molecule has 0 aromatic carbocycles. The molecule has 8 nitrogen and oxygen atoms in total. The Kier molecular flexibility index (Phi) is 123. The fourth-order valence-electron chi connectivity index (χ4n) is 9.69. The fourth-order valence-corrected chi connectivity index (χ4v) is 9.69. The van der Waals surface area contributed by atoms with Crippen molar-refractivity contribution in [1.82, 2.24) is 0 Å². The molecule has 0 bridgehead atoms. The molecule has 0 aliphatic heterocycles. The number of rotatable bonds is 61. The van der Waals surface area contributed by atoms with Crippen LogP contribution in [-0.2, 0) is 117 Å². The molecule has 0 aliphatic carbocycles. The average Bonchev–Trinajstić information content (AvgIpc) is 3.43. The van der Waals surface area contributed by atoms with Crippen LogP contribution in [0.5, 0.6) is 0 Å². The molecule has 0 aromatic heterocycles. The molecule has 0 radical (unpaired) electrons. The van der Waals surface area contributed by atoms with E-state index in [1.54, 1.807) is 0 Å². The first-order chi connectivity index (χ1) is 39.1. The van der Waals surface area contributed by atoms with Crippen LogP contribution in [0.1, 0.15) is 400 Å². The van der Waals surface area contributed by atoms with E-state index in [-0.39, 0.29) is 97.4 Å². The van der Waals surface area contributed by atoms with Gasteiger partial charge in [-0.3, -0.25) is 19.2 Å². The van der Waals surface area contributed by atoms with Crippen LogP contribution in [0.2, 0.25) is 0 Å². The first kappa shape index (κ1) is 104. The normalized spacial score (nSPS) is 10.5. The number of carbonyl (C=O) groups is 4. The van der Waals surface area contributed by atoms with Gasteiger partial charge in [0.1, 0.15) is 0 Å². The second-order valence-corrected chi connectivity index (χ2v) is 23.3. The minimum absolute atomic E-state index is 0. The topological polar surface area (TPSA) is 149 Å². The molecule has 0 rings (SSSR count). The van der Waals surface area contributed by atoms with E-state index in [9.17, 15) is 19.2 Å². The van der Waals surface area contributed by atoms with Gasteiger partial charge in [-0.1, -0.05) is 308 Å². The van der Waals surface area contributed by atoms with Gasteiger partial charge >= 0.3 is 121 Å². The van der Waals surface area contributed by atoms with E-state index in [2.05, 4.69) is 64.2 Å². The molecule has 4 N–H and O–H groups in total. The third kappa shape index (κ3) is 122. The van der Waals surface area contributed by atoms with E-state index in [0.29, 0.717) is 25.7 Å². The van der Waals surface area contributed by atoms with Gasteiger partial charge in [0.05, 0.1) is 0 Å². The predicted octanol–water partition coefficient (Wildman–Crippen LogP) is 24.6. The van der Waals surface area contributed by atoms with E-state index in [4.69, 9.17) is 20.4 Å². The van der Waals surface area contributed by atoms with E-state index in [0.717, 1.165) is 51.4 Å². The van der Waals surface area contributed by atoms with Crippen molar-refractivity contribution in [3.05, 3.63) is 36.5 Å². The first-order valence-electron chi connectivity index (χ1n) is 34.9. The van der Waals surface area contributed by atoms with Gasteiger partial charge in [0, 0.05) is 25.7 Å². The second kappa shape index (κ2) is 100. The zero-order valence-corrected chi connectivity index (χ0v) is 72.3. The van der Waals surface area contributed by atoms with Crippen LogP contribution >= 0.6 is 0 Å². The fraction of sp³-hybridized carbons (Fsp3) is 0.861. The summed E-state index contributed by atoms with van der Waals surface area (Å²) < 4.78 is 0. The van der Waals surface area contributed by atoms with E-state index in [1.807, 2.05) is 0 Å². The average molecular weight is 1460 g/mol. The second-order valence-electron chi connectivity index (χ2n) is 23.3. The number of hydrogen-bond donors (Lipinski definition) is 4. The Balaban J connectivity index is -0.000000127. The van der Waals surface area contributed by atoms with Crippen LogP contribution in [0, 0.1) is 0 Å². The summed E-state index contributed by atoms with van der Waals surface area (Å²) in [6.07, 6.45) is 83.9. The minimum atomic E-state index is -0.664. The Morgan fingerprint density at radius 3 is 0.412 bits per heavy atom. The maximum Gasteiger partial charge on any atom is 2.00 e. The van der Waals surface area contributed by atoms with Crippen LogP contribution in [0.15, 0.2) is 36.5 Å². The zero-order chi connectivity index (χ0) is 59.6. The van der Waals surface area contributed by atoms with Gasteiger partial charge in [-0.05, 0) is 103 Å². The van der Waals surface area contributed by atoms with Gasteiger partial charge in [-0.15, -0.1) is 0 Å². The van der Waals surface area contributed by atoms with E-state index >= 15 is 0 Å². The van der Waals surface area contributed by atoms with Crippen molar-refractivity contribution in [3.8, 4) is 0 Å². The third-order valence-electron chi connectivity index (χ3n) is 15.0. The summed E-state index contributed by atoms with van der Waals surface area (Å²) in [5.74, 6) is -2.65. The van der Waals surface area contributed by atoms with Crippen LogP contribution in [-0.4, -0.2) is 44.3 Å². The van der Waals surface area contributed by atoms with Gasteiger partial charge in [-0.2, -0.15) is 0 Å². The maximum atomic E-state index is 10.3. The molecule has 85 heavy (non-hydrogen) atoms. The van der Waals surface area contributed by atoms with Crippen molar-refractivity contribution >= 4 is 23.9 Å². The molecule has 0 atom stereocenters. The van der Waals surface area contributed by atoms with Crippen LogP contribution < -0.4 is 0 Å². The van der Waals surface area contributed by atoms with Gasteiger partial charge in [0.25, 0.3) is 0 Å². The third-order valence-corrected chi connectivity index (χ3v) is 15.0. The summed E-state index contributed by atoms with van der Waals surface area (Å²) in [6.45, 7) is 9.05. The van der Waals surface area contributed by atoms with Gasteiger partial charge < -0.3 is 20.4 Å². The van der Waals surface area contributed by atoms with Gasteiger partial charge in [0.2, 0.25) is 0 Å². The summed E-state index contributed by atoms with van der Waals surface area (Å²) in [6, 6.07) is 0. The smallest absolute Gasteiger partial charge is 0.481 e. The number of unbranched alkanes of at least 4 members (excludes halogenated alkanes) is 47. The predicted molar refractivity (Wildman–Crippen MR) is 348 cm³/mol. The van der Waals surface area contributed by atoms with Crippen molar-refractivity contribution in [2.24, 2.45) is 0 Å². The summed E-state index contributed by atoms with van der Waals surface area (Å²) >= 11 is 0. The zero-order valence-electron chi connectivity index (χ0n) is 57.4. The molecule has 0 aromatic rings. The number of allylic oxidation sites excluding steroid dienone is 6. The summed E-state index contributed by atoms with van der Waals surface area (Å²) in [5, 5.41) is 34.0. The summed E-state index contributed by atoms with van der Waals surface area (Å²) in [5.41, 5.74) is 0. The van der Waals surface area contributed by atoms with Crippen LogP contribution in [0.3, 0.4) is 0 Å². The van der Waals surface area contributed by atoms with Crippen LogP contribution in [0.25, 0.3) is 0 Å². The van der Waals surface area contributed by atoms with Gasteiger partial charge in [0.15, 0.2) is 0 Å². The molecule has 0 heterocycles. The first-order valence-corrected chi connectivity index (χ1v) is 34.9. The van der Waals surface area contributed by atoms with Crippen molar-refractivity contribution in [1.29, 1.82) is 0 Å². The molecule has 0 spiro atoms. The molecule has 0 saturated carbocycles. The Bertz CT molecular complexity index is 1200. The molecule has 13 heteroatoms. The Morgan fingerprint density at radius 1 is 0.188 bits per heavy atom. The minimum Gasteiger partial charge on any atom is -0.481 e. The number of carboxylic acid groups (broad SMARTS) is 4. The molecular formula is C72H138O8Zn5+10. The monoisotopic (exact) mass is 1450 g/mol. The van der Waals surface area contributed by atoms with Crippen molar-refractivity contribution in [2.45, 2.75) is 400 Å². The standard InChI is InChI=1S/C18H36O2.3C18H34O2.5Zn/c4*1-2-3-4-5-6-7-8-9-10-11-12-13-14-15-16-17-18(19)20;;;;;/h2-17H2,1H3,(H,19,20);3*9-10H,2-8,11-17H2,1H3,(H,19,20);;;;;/q;;;;5*+2/b;3*10-9-;;;;;. The van der Waals surface area contributed by atoms with Crippen molar-refractivity contribution in [2.75, 3.05) is 0 Å². The molecule has 0 fully saturated rings. The molecular weight excluding hydrogens is 1320 g/mol. The Hall–Kier alpha value is 0.217. The van der Waals surface area contributed by atoms with Crippen LogP contribution in [0.4, 0.5) is 0 Å². The molecule has 0 unspecified atom stereocenters. The molecule has 0 aliphatic rings. The Labute approximate surface area is 592 Å². The molecule has 0 saturated heterocycles. The number of aliphatic carboxylic acids is 4. The van der Waals surface area contributed by atoms with E-state index in [1.165, 1.54) is 295 Å². The number of hydrogen-bond acceptors (Lipinski definition) is 4. The summed E-state index contributed by atoms with van der Waals surface area (Å²) in [7, 11) is 0.